The van der Waals surface area contributed by atoms with Gasteiger partial charge in [-0.2, -0.15) is 0 Å². The molecule has 2 heterocycles. The Hall–Kier alpha value is -1.88. The highest BCUT2D eigenvalue weighted by molar-refractivity contribution is 5.47. The topological polar surface area (TPSA) is 35.2 Å². The fraction of sp³-hybridized carbons (Fsp3) is 0.438. The molecule has 1 aliphatic rings. The number of benzene rings is 1. The molecule has 3 rings (SSSR count). The van der Waals surface area contributed by atoms with Crippen molar-refractivity contribution in [3.05, 3.63) is 47.3 Å². The van der Waals surface area contributed by atoms with E-state index in [0.29, 0.717) is 5.69 Å². The molecular weight excluding hydrogens is 267 g/mol. The van der Waals surface area contributed by atoms with Crippen LogP contribution in [0.15, 0.2) is 24.3 Å². The molecular formula is C16H21FN4. The summed E-state index contributed by atoms with van der Waals surface area (Å²) in [4.78, 5) is 12.3. The second kappa shape index (κ2) is 5.85. The van der Waals surface area contributed by atoms with E-state index in [-0.39, 0.29) is 5.82 Å². The Morgan fingerprint density at radius 3 is 2.48 bits per heavy atom. The molecule has 0 spiro atoms. The highest BCUT2D eigenvalue weighted by Gasteiger charge is 2.20. The minimum atomic E-state index is -0.136. The summed E-state index contributed by atoms with van der Waals surface area (Å²) in [6.07, 6.45) is 0. The molecule has 1 aromatic heterocycles. The van der Waals surface area contributed by atoms with Crippen molar-refractivity contribution in [2.75, 3.05) is 31.1 Å². The molecule has 1 saturated heterocycles. The first-order chi connectivity index (χ1) is 10.1. The number of imidazole rings is 1. The maximum Gasteiger partial charge on any atom is 0.146 e. The molecule has 112 valence electrons. The Bertz CT molecular complexity index is 595. The summed E-state index contributed by atoms with van der Waals surface area (Å²) >= 11 is 0. The first-order valence-corrected chi connectivity index (χ1v) is 7.37. The second-order valence-corrected chi connectivity index (χ2v) is 5.61. The van der Waals surface area contributed by atoms with Crippen LogP contribution in [0.25, 0.3) is 0 Å². The number of halogens is 1. The first-order valence-electron chi connectivity index (χ1n) is 7.37. The lowest BCUT2D eigenvalue weighted by atomic mass is 10.2. The zero-order valence-electron chi connectivity index (χ0n) is 12.6. The molecule has 4 nitrogen and oxygen atoms in total. The summed E-state index contributed by atoms with van der Waals surface area (Å²) in [6.45, 7) is 8.44. The van der Waals surface area contributed by atoms with Crippen LogP contribution < -0.4 is 4.90 Å². The quantitative estimate of drug-likeness (QED) is 0.942. The van der Waals surface area contributed by atoms with E-state index in [1.54, 1.807) is 6.07 Å². The van der Waals surface area contributed by atoms with Gasteiger partial charge in [-0.3, -0.25) is 4.90 Å². The van der Waals surface area contributed by atoms with E-state index >= 15 is 0 Å². The number of aromatic nitrogens is 2. The Morgan fingerprint density at radius 1 is 1.14 bits per heavy atom. The normalized spacial score (nSPS) is 16.4. The molecule has 0 atom stereocenters. The van der Waals surface area contributed by atoms with Crippen molar-refractivity contribution in [3.8, 4) is 0 Å². The second-order valence-electron chi connectivity index (χ2n) is 5.61. The molecule has 1 N–H and O–H groups in total. The van der Waals surface area contributed by atoms with Crippen molar-refractivity contribution < 1.29 is 4.39 Å². The van der Waals surface area contributed by atoms with Gasteiger partial charge in [-0.15, -0.1) is 0 Å². The molecule has 1 aliphatic heterocycles. The van der Waals surface area contributed by atoms with E-state index in [2.05, 4.69) is 19.8 Å². The molecule has 2 aromatic rings. The monoisotopic (exact) mass is 288 g/mol. The Kier molecular flexibility index (Phi) is 3.92. The molecule has 21 heavy (non-hydrogen) atoms. The fourth-order valence-corrected chi connectivity index (χ4v) is 2.76. The van der Waals surface area contributed by atoms with E-state index in [1.165, 1.54) is 6.07 Å². The third-order valence-corrected chi connectivity index (χ3v) is 4.12. The lowest BCUT2D eigenvalue weighted by Crippen LogP contribution is -2.46. The molecule has 0 radical (unpaired) electrons. The summed E-state index contributed by atoms with van der Waals surface area (Å²) in [5, 5.41) is 0. The zero-order valence-corrected chi connectivity index (χ0v) is 12.6. The lowest BCUT2D eigenvalue weighted by molar-refractivity contribution is 0.244. The number of hydrogen-bond donors (Lipinski definition) is 1. The van der Waals surface area contributed by atoms with Gasteiger partial charge in [-0.25, -0.2) is 9.37 Å². The third-order valence-electron chi connectivity index (χ3n) is 4.12. The maximum absolute atomic E-state index is 13.8. The van der Waals surface area contributed by atoms with Crippen LogP contribution in [0.5, 0.6) is 0 Å². The van der Waals surface area contributed by atoms with Crippen LogP contribution >= 0.6 is 0 Å². The summed E-state index contributed by atoms with van der Waals surface area (Å²) in [5.41, 5.74) is 2.91. The van der Waals surface area contributed by atoms with Crippen molar-refractivity contribution in [1.29, 1.82) is 0 Å². The van der Waals surface area contributed by atoms with E-state index in [9.17, 15) is 4.39 Å². The number of aromatic amines is 1. The predicted octanol–water partition coefficient (Wildman–Crippen LogP) is 2.49. The SMILES string of the molecule is Cc1nc(CN2CCN(c3ccccc3F)CC2)[nH]c1C. The fourth-order valence-electron chi connectivity index (χ4n) is 2.76. The van der Waals surface area contributed by atoms with Crippen LogP contribution in [0.3, 0.4) is 0 Å². The minimum Gasteiger partial charge on any atom is -0.367 e. The van der Waals surface area contributed by atoms with Crippen LogP contribution in [0.4, 0.5) is 10.1 Å². The van der Waals surface area contributed by atoms with Gasteiger partial charge in [0.05, 0.1) is 17.9 Å². The van der Waals surface area contributed by atoms with Crippen LogP contribution in [0.2, 0.25) is 0 Å². The molecule has 0 saturated carbocycles. The Labute approximate surface area is 124 Å². The molecule has 0 aliphatic carbocycles. The van der Waals surface area contributed by atoms with Gasteiger partial charge in [0, 0.05) is 31.9 Å². The number of rotatable bonds is 3. The van der Waals surface area contributed by atoms with Crippen molar-refractivity contribution in [1.82, 2.24) is 14.9 Å². The summed E-state index contributed by atoms with van der Waals surface area (Å²) in [7, 11) is 0. The maximum atomic E-state index is 13.8. The van der Waals surface area contributed by atoms with Gasteiger partial charge in [0.25, 0.3) is 0 Å². The number of H-pyrrole nitrogens is 1. The number of nitrogens with zero attached hydrogens (tertiary/aromatic N) is 3. The Balaban J connectivity index is 1.59. The van der Waals surface area contributed by atoms with Gasteiger partial charge in [0.2, 0.25) is 0 Å². The number of hydrogen-bond acceptors (Lipinski definition) is 3. The van der Waals surface area contributed by atoms with E-state index in [1.807, 2.05) is 26.0 Å². The highest BCUT2D eigenvalue weighted by atomic mass is 19.1. The highest BCUT2D eigenvalue weighted by Crippen LogP contribution is 2.20. The van der Waals surface area contributed by atoms with Gasteiger partial charge in [0.1, 0.15) is 11.6 Å². The van der Waals surface area contributed by atoms with Crippen LogP contribution in [0, 0.1) is 19.7 Å². The standard InChI is InChI=1S/C16H21FN4/c1-12-13(2)19-16(18-12)11-20-7-9-21(10-8-20)15-6-4-3-5-14(15)17/h3-6H,7-11H2,1-2H3,(H,18,19). The average molecular weight is 288 g/mol. The van der Waals surface area contributed by atoms with Crippen molar-refractivity contribution >= 4 is 5.69 Å². The third kappa shape index (κ3) is 3.08. The molecule has 0 amide bonds. The zero-order chi connectivity index (χ0) is 14.8. The van der Waals surface area contributed by atoms with E-state index in [0.717, 1.165) is 49.9 Å². The summed E-state index contributed by atoms with van der Waals surface area (Å²) in [5.74, 6) is 0.882. The van der Waals surface area contributed by atoms with Gasteiger partial charge in [0.15, 0.2) is 0 Å². The molecule has 0 bridgehead atoms. The smallest absolute Gasteiger partial charge is 0.146 e. The predicted molar refractivity (Wildman–Crippen MR) is 82.0 cm³/mol. The van der Waals surface area contributed by atoms with Gasteiger partial charge in [-0.1, -0.05) is 12.1 Å². The Morgan fingerprint density at radius 2 is 1.86 bits per heavy atom. The number of nitrogens with one attached hydrogen (secondary N) is 1. The number of para-hydroxylation sites is 1. The number of piperazine rings is 1. The molecule has 5 heteroatoms. The van der Waals surface area contributed by atoms with Crippen molar-refractivity contribution in [2.45, 2.75) is 20.4 Å². The van der Waals surface area contributed by atoms with Crippen LogP contribution in [0.1, 0.15) is 17.2 Å². The largest absolute Gasteiger partial charge is 0.367 e. The van der Waals surface area contributed by atoms with Crippen molar-refractivity contribution in [2.24, 2.45) is 0 Å². The first kappa shape index (κ1) is 14.1. The van der Waals surface area contributed by atoms with Crippen molar-refractivity contribution in [3.63, 3.8) is 0 Å². The minimum absolute atomic E-state index is 0.136. The van der Waals surface area contributed by atoms with Gasteiger partial charge in [-0.05, 0) is 26.0 Å². The average Bonchev–Trinajstić information content (AvgIpc) is 2.79. The van der Waals surface area contributed by atoms with Crippen LogP contribution in [-0.4, -0.2) is 41.0 Å². The summed E-state index contributed by atoms with van der Waals surface area (Å²) < 4.78 is 13.8. The molecule has 1 aromatic carbocycles. The van der Waals surface area contributed by atoms with Gasteiger partial charge >= 0.3 is 0 Å². The van der Waals surface area contributed by atoms with Gasteiger partial charge < -0.3 is 9.88 Å². The van der Waals surface area contributed by atoms with Crippen LogP contribution in [-0.2, 0) is 6.54 Å². The lowest BCUT2D eigenvalue weighted by Gasteiger charge is -2.35. The van der Waals surface area contributed by atoms with E-state index < -0.39 is 0 Å². The molecule has 1 fully saturated rings. The van der Waals surface area contributed by atoms with E-state index in [4.69, 9.17) is 0 Å². The summed E-state index contributed by atoms with van der Waals surface area (Å²) in [6, 6.07) is 7.00. The number of aryl methyl sites for hydroxylation is 2. The number of anilines is 1. The molecule has 0 unspecified atom stereocenters.